The summed E-state index contributed by atoms with van der Waals surface area (Å²) in [6, 6.07) is 18.5. The first-order valence-electron chi connectivity index (χ1n) is 11.3. The van der Waals surface area contributed by atoms with Crippen LogP contribution in [0.25, 0.3) is 22.2 Å². The van der Waals surface area contributed by atoms with Crippen LogP contribution < -0.4 is 14.8 Å². The maximum absolute atomic E-state index is 13.8. The van der Waals surface area contributed by atoms with Gasteiger partial charge in [0, 0.05) is 22.7 Å². The number of pyridine rings is 1. The Morgan fingerprint density at radius 3 is 2.47 bits per heavy atom. The fourth-order valence-corrected chi connectivity index (χ4v) is 3.58. The average molecular weight is 489 g/mol. The molecular formula is C28H25FN2O5. The number of halogens is 1. The predicted molar refractivity (Wildman–Crippen MR) is 135 cm³/mol. The van der Waals surface area contributed by atoms with Crippen LogP contribution in [0.2, 0.25) is 0 Å². The Morgan fingerprint density at radius 2 is 1.78 bits per heavy atom. The van der Waals surface area contributed by atoms with E-state index in [9.17, 15) is 14.0 Å². The van der Waals surface area contributed by atoms with Gasteiger partial charge < -0.3 is 19.5 Å². The minimum absolute atomic E-state index is 0.245. The Bertz CT molecular complexity index is 1420. The molecule has 0 saturated heterocycles. The van der Waals surface area contributed by atoms with E-state index >= 15 is 0 Å². The molecule has 0 radical (unpaired) electrons. The molecule has 1 heterocycles. The number of nitrogens with one attached hydrogen (secondary N) is 1. The largest absolute Gasteiger partial charge is 0.497 e. The van der Waals surface area contributed by atoms with Crippen LogP contribution in [0, 0.1) is 12.7 Å². The van der Waals surface area contributed by atoms with Crippen molar-refractivity contribution in [3.8, 4) is 22.8 Å². The lowest BCUT2D eigenvalue weighted by molar-refractivity contribution is -0.118. The highest BCUT2D eigenvalue weighted by molar-refractivity contribution is 5.97. The Kier molecular flexibility index (Phi) is 7.44. The molecule has 1 aromatic heterocycles. The van der Waals surface area contributed by atoms with Crippen molar-refractivity contribution in [1.29, 1.82) is 0 Å². The summed E-state index contributed by atoms with van der Waals surface area (Å²) in [5.74, 6) is -0.273. The molecule has 8 heteroatoms. The molecule has 0 unspecified atom stereocenters. The molecule has 4 rings (SSSR count). The summed E-state index contributed by atoms with van der Waals surface area (Å²) in [5, 5.41) is 3.17. The van der Waals surface area contributed by atoms with Crippen molar-refractivity contribution in [2.75, 3.05) is 25.6 Å². The molecule has 4 aromatic rings. The van der Waals surface area contributed by atoms with E-state index in [2.05, 4.69) is 5.32 Å². The summed E-state index contributed by atoms with van der Waals surface area (Å²) in [7, 11) is 1.59. The molecule has 0 atom stereocenters. The van der Waals surface area contributed by atoms with Gasteiger partial charge >= 0.3 is 5.97 Å². The number of carbonyl (C=O) groups excluding carboxylic acids is 2. The summed E-state index contributed by atoms with van der Waals surface area (Å²) in [5.41, 5.74) is 3.16. The van der Waals surface area contributed by atoms with E-state index in [1.807, 2.05) is 24.3 Å². The van der Waals surface area contributed by atoms with Gasteiger partial charge in [0.25, 0.3) is 5.91 Å². The average Bonchev–Trinajstić information content (AvgIpc) is 2.89. The molecule has 7 nitrogen and oxygen atoms in total. The second-order valence-corrected chi connectivity index (χ2v) is 7.99. The second kappa shape index (κ2) is 10.9. The number of fused-ring (bicyclic) bond motifs is 1. The standard InChI is InChI=1S/C28H25FN2O5/c1-4-35-28(33)19-8-12-24-22(13-19)26(15-25(31-24)18-6-10-21(34-3)11-7-18)36-16-27(32)30-20-9-5-17(2)23(29)14-20/h5-15H,4,16H2,1-3H3,(H,30,32). The maximum atomic E-state index is 13.8. The first kappa shape index (κ1) is 24.7. The molecule has 36 heavy (non-hydrogen) atoms. The van der Waals surface area contributed by atoms with Crippen LogP contribution in [0.1, 0.15) is 22.8 Å². The minimum Gasteiger partial charge on any atom is -0.497 e. The number of rotatable bonds is 8. The lowest BCUT2D eigenvalue weighted by Gasteiger charge is -2.13. The lowest BCUT2D eigenvalue weighted by Crippen LogP contribution is -2.20. The molecule has 184 valence electrons. The van der Waals surface area contributed by atoms with Crippen molar-refractivity contribution in [2.45, 2.75) is 13.8 Å². The van der Waals surface area contributed by atoms with E-state index in [-0.39, 0.29) is 13.2 Å². The molecule has 0 spiro atoms. The van der Waals surface area contributed by atoms with Crippen LogP contribution in [0.15, 0.2) is 66.7 Å². The van der Waals surface area contributed by atoms with Crippen LogP contribution in [0.4, 0.5) is 10.1 Å². The first-order valence-corrected chi connectivity index (χ1v) is 11.3. The number of aryl methyl sites for hydroxylation is 1. The number of hydrogen-bond acceptors (Lipinski definition) is 6. The van der Waals surface area contributed by atoms with Crippen molar-refractivity contribution in [3.05, 3.63) is 83.7 Å². The summed E-state index contributed by atoms with van der Waals surface area (Å²) < 4.78 is 30.1. The number of aromatic nitrogens is 1. The highest BCUT2D eigenvalue weighted by Crippen LogP contribution is 2.32. The summed E-state index contributed by atoms with van der Waals surface area (Å²) >= 11 is 0. The number of methoxy groups -OCH3 is 1. The predicted octanol–water partition coefficient (Wildman–Crippen LogP) is 5.55. The number of hydrogen-bond donors (Lipinski definition) is 1. The molecule has 0 aliphatic carbocycles. The van der Waals surface area contributed by atoms with Gasteiger partial charge in [-0.3, -0.25) is 4.79 Å². The molecule has 0 fully saturated rings. The third-order valence-corrected chi connectivity index (χ3v) is 5.48. The molecule has 0 aliphatic heterocycles. The normalized spacial score (nSPS) is 10.7. The van der Waals surface area contributed by atoms with Crippen molar-refractivity contribution >= 4 is 28.5 Å². The van der Waals surface area contributed by atoms with E-state index in [1.54, 1.807) is 57.4 Å². The Balaban J connectivity index is 1.65. The summed E-state index contributed by atoms with van der Waals surface area (Å²) in [4.78, 5) is 29.5. The number of nitrogens with zero attached hydrogens (tertiary/aromatic N) is 1. The number of anilines is 1. The van der Waals surface area contributed by atoms with Gasteiger partial charge in [-0.1, -0.05) is 6.07 Å². The zero-order valence-electron chi connectivity index (χ0n) is 20.1. The number of carbonyl (C=O) groups is 2. The SMILES string of the molecule is CCOC(=O)c1ccc2nc(-c3ccc(OC)cc3)cc(OCC(=O)Nc3ccc(C)c(F)c3)c2c1. The smallest absolute Gasteiger partial charge is 0.338 e. The van der Waals surface area contributed by atoms with Gasteiger partial charge in [-0.25, -0.2) is 14.2 Å². The monoisotopic (exact) mass is 488 g/mol. The minimum atomic E-state index is -0.469. The quantitative estimate of drug-likeness (QED) is 0.327. The fourth-order valence-electron chi connectivity index (χ4n) is 3.58. The lowest BCUT2D eigenvalue weighted by atomic mass is 10.1. The molecule has 0 bridgehead atoms. The molecular weight excluding hydrogens is 463 g/mol. The van der Waals surface area contributed by atoms with Crippen LogP contribution in [0.3, 0.4) is 0 Å². The Hall–Kier alpha value is -4.46. The van der Waals surface area contributed by atoms with Crippen LogP contribution >= 0.6 is 0 Å². The topological polar surface area (TPSA) is 86.8 Å². The van der Waals surface area contributed by atoms with E-state index in [1.165, 1.54) is 6.07 Å². The summed E-state index contributed by atoms with van der Waals surface area (Å²) in [6.45, 7) is 3.28. The van der Waals surface area contributed by atoms with Crippen LogP contribution in [0.5, 0.6) is 11.5 Å². The van der Waals surface area contributed by atoms with Gasteiger partial charge in [-0.05, 0) is 74.0 Å². The van der Waals surface area contributed by atoms with E-state index in [4.69, 9.17) is 19.2 Å². The summed E-state index contributed by atoms with van der Waals surface area (Å²) in [6.07, 6.45) is 0. The zero-order chi connectivity index (χ0) is 25.7. The van der Waals surface area contributed by atoms with Gasteiger partial charge in [-0.2, -0.15) is 0 Å². The Labute approximate surface area is 207 Å². The van der Waals surface area contributed by atoms with Crippen molar-refractivity contribution in [3.63, 3.8) is 0 Å². The third-order valence-electron chi connectivity index (χ3n) is 5.48. The van der Waals surface area contributed by atoms with Gasteiger partial charge in [-0.15, -0.1) is 0 Å². The number of esters is 1. The highest BCUT2D eigenvalue weighted by atomic mass is 19.1. The van der Waals surface area contributed by atoms with Crippen molar-refractivity contribution in [1.82, 2.24) is 4.98 Å². The molecule has 0 saturated carbocycles. The van der Waals surface area contributed by atoms with Crippen LogP contribution in [-0.4, -0.2) is 37.2 Å². The van der Waals surface area contributed by atoms with Crippen LogP contribution in [-0.2, 0) is 9.53 Å². The molecule has 1 amide bonds. The third kappa shape index (κ3) is 5.60. The second-order valence-electron chi connectivity index (χ2n) is 7.99. The maximum Gasteiger partial charge on any atom is 0.338 e. The zero-order valence-corrected chi connectivity index (χ0v) is 20.1. The van der Waals surface area contributed by atoms with Gasteiger partial charge in [0.1, 0.15) is 17.3 Å². The van der Waals surface area contributed by atoms with E-state index in [0.717, 1.165) is 5.56 Å². The number of amides is 1. The fraction of sp³-hybridized carbons (Fsp3) is 0.179. The van der Waals surface area contributed by atoms with Gasteiger partial charge in [0.2, 0.25) is 0 Å². The first-order chi connectivity index (χ1) is 17.4. The van der Waals surface area contributed by atoms with Crippen molar-refractivity contribution in [2.24, 2.45) is 0 Å². The Morgan fingerprint density at radius 1 is 1.00 bits per heavy atom. The van der Waals surface area contributed by atoms with Gasteiger partial charge in [0.15, 0.2) is 6.61 Å². The number of benzene rings is 3. The highest BCUT2D eigenvalue weighted by Gasteiger charge is 2.15. The van der Waals surface area contributed by atoms with E-state index < -0.39 is 17.7 Å². The van der Waals surface area contributed by atoms with E-state index in [0.29, 0.717) is 44.9 Å². The van der Waals surface area contributed by atoms with Crippen molar-refractivity contribution < 1.29 is 28.2 Å². The molecule has 0 aliphatic rings. The molecule has 1 N–H and O–H groups in total. The molecule has 3 aromatic carbocycles. The number of ether oxygens (including phenoxy) is 3. The van der Waals surface area contributed by atoms with Gasteiger partial charge in [0.05, 0.1) is 30.5 Å².